The molecule has 0 saturated carbocycles. The molecule has 11 nitrogen and oxygen atoms in total. The number of halogens is 1. The van der Waals surface area contributed by atoms with E-state index < -0.39 is 11.7 Å². The number of rotatable bonds is 8. The highest BCUT2D eigenvalue weighted by atomic mass is 35.5. The van der Waals surface area contributed by atoms with Gasteiger partial charge in [-0.3, -0.25) is 14.5 Å². The normalized spacial score (nSPS) is 13.0. The number of alkyl carbamates (subject to hydrolysis) is 1. The SMILES string of the molecule is COc1c(Cl)cccc1Nc1c(-c2ccnc3cc(OCCNC(=O)OC(C)(C)C)sc23)nn2c1C(=O)NCC2. The highest BCUT2D eigenvalue weighted by Crippen LogP contribution is 2.43. The predicted octanol–water partition coefficient (Wildman–Crippen LogP) is 5.21. The van der Waals surface area contributed by atoms with Crippen molar-refractivity contribution in [2.75, 3.05) is 32.1 Å². The summed E-state index contributed by atoms with van der Waals surface area (Å²) in [6, 6.07) is 9.05. The first-order valence-corrected chi connectivity index (χ1v) is 13.8. The molecule has 210 valence electrons. The smallest absolute Gasteiger partial charge is 0.407 e. The van der Waals surface area contributed by atoms with Gasteiger partial charge in [0.05, 0.1) is 46.8 Å². The monoisotopic (exact) mass is 584 g/mol. The van der Waals surface area contributed by atoms with Crippen molar-refractivity contribution >= 4 is 56.5 Å². The Balaban J connectivity index is 1.45. The van der Waals surface area contributed by atoms with Gasteiger partial charge in [-0.1, -0.05) is 29.0 Å². The Hall–Kier alpha value is -4.03. The summed E-state index contributed by atoms with van der Waals surface area (Å²) in [6.07, 6.45) is 1.20. The van der Waals surface area contributed by atoms with E-state index in [9.17, 15) is 9.59 Å². The van der Waals surface area contributed by atoms with E-state index in [1.54, 1.807) is 43.8 Å². The molecule has 3 aromatic heterocycles. The highest BCUT2D eigenvalue weighted by molar-refractivity contribution is 7.21. The number of carbonyl (C=O) groups is 2. The first-order valence-electron chi connectivity index (χ1n) is 12.6. The number of fused-ring (bicyclic) bond motifs is 2. The maximum Gasteiger partial charge on any atom is 0.407 e. The van der Waals surface area contributed by atoms with Gasteiger partial charge in [-0.05, 0) is 39.0 Å². The molecular formula is C27H29ClN6O5S. The van der Waals surface area contributed by atoms with Gasteiger partial charge in [0, 0.05) is 24.4 Å². The third-order valence-electron chi connectivity index (χ3n) is 5.87. The lowest BCUT2D eigenvalue weighted by atomic mass is 10.1. The average Bonchev–Trinajstić information content (AvgIpc) is 3.48. The molecule has 0 saturated heterocycles. The number of methoxy groups -OCH3 is 1. The van der Waals surface area contributed by atoms with E-state index in [0.29, 0.717) is 51.7 Å². The van der Waals surface area contributed by atoms with Crippen LogP contribution in [0.5, 0.6) is 10.8 Å². The standard InChI is InChI=1S/C27H29ClN6O5S/c1-27(2,3)39-26(36)31-11-13-38-19-14-18-24(40-19)15(8-9-29-18)20-21(22-25(35)30-10-12-34(22)33-20)32-17-7-5-6-16(28)23(17)37-4/h5-9,14,32H,10-13H2,1-4H3,(H,30,35)(H,31,36). The number of amides is 2. The minimum Gasteiger partial charge on any atom is -0.493 e. The van der Waals surface area contributed by atoms with Crippen LogP contribution < -0.4 is 25.4 Å². The van der Waals surface area contributed by atoms with Crippen LogP contribution in [0.4, 0.5) is 16.2 Å². The number of aromatic nitrogens is 3. The molecule has 0 fully saturated rings. The number of nitrogens with one attached hydrogen (secondary N) is 3. The fraction of sp³-hybridized carbons (Fsp3) is 0.333. The van der Waals surface area contributed by atoms with Crippen molar-refractivity contribution in [1.29, 1.82) is 0 Å². The van der Waals surface area contributed by atoms with Crippen LogP contribution in [0.1, 0.15) is 31.3 Å². The quantitative estimate of drug-likeness (QED) is 0.241. The number of hydrogen-bond acceptors (Lipinski definition) is 9. The van der Waals surface area contributed by atoms with E-state index in [0.717, 1.165) is 15.8 Å². The van der Waals surface area contributed by atoms with Gasteiger partial charge in [0.2, 0.25) is 0 Å². The Morgan fingerprint density at radius 2 is 2.10 bits per heavy atom. The van der Waals surface area contributed by atoms with Crippen LogP contribution in [-0.4, -0.2) is 59.2 Å². The summed E-state index contributed by atoms with van der Waals surface area (Å²) >= 11 is 7.77. The van der Waals surface area contributed by atoms with E-state index in [4.69, 9.17) is 30.9 Å². The first-order chi connectivity index (χ1) is 19.1. The lowest BCUT2D eigenvalue weighted by Crippen LogP contribution is -2.35. The van der Waals surface area contributed by atoms with Crippen molar-refractivity contribution < 1.29 is 23.8 Å². The molecule has 40 heavy (non-hydrogen) atoms. The molecule has 0 spiro atoms. The molecule has 1 aliphatic rings. The molecule has 4 aromatic rings. The number of nitrogens with zero attached hydrogens (tertiary/aromatic N) is 3. The van der Waals surface area contributed by atoms with Crippen LogP contribution in [0, 0.1) is 0 Å². The van der Waals surface area contributed by atoms with Gasteiger partial charge in [-0.2, -0.15) is 5.10 Å². The van der Waals surface area contributed by atoms with Gasteiger partial charge >= 0.3 is 6.09 Å². The second-order valence-corrected chi connectivity index (χ2v) is 11.3. The number of para-hydroxylation sites is 1. The molecule has 0 unspecified atom stereocenters. The van der Waals surface area contributed by atoms with Gasteiger partial charge in [0.25, 0.3) is 5.91 Å². The molecule has 1 aliphatic heterocycles. The van der Waals surface area contributed by atoms with Crippen LogP contribution in [0.2, 0.25) is 5.02 Å². The van der Waals surface area contributed by atoms with Crippen molar-refractivity contribution in [1.82, 2.24) is 25.4 Å². The van der Waals surface area contributed by atoms with Gasteiger partial charge in [0.15, 0.2) is 10.8 Å². The van der Waals surface area contributed by atoms with E-state index in [-0.39, 0.29) is 19.1 Å². The van der Waals surface area contributed by atoms with Crippen LogP contribution in [0.3, 0.4) is 0 Å². The zero-order valence-corrected chi connectivity index (χ0v) is 24.0. The van der Waals surface area contributed by atoms with Crippen molar-refractivity contribution in [3.8, 4) is 22.1 Å². The Labute approximate surface area is 239 Å². The molecule has 0 atom stereocenters. The number of ether oxygens (including phenoxy) is 3. The number of anilines is 2. The number of thiophene rings is 1. The highest BCUT2D eigenvalue weighted by Gasteiger charge is 2.29. The number of hydrogen-bond donors (Lipinski definition) is 3. The third-order valence-corrected chi connectivity index (χ3v) is 7.23. The van der Waals surface area contributed by atoms with E-state index in [2.05, 4.69) is 20.9 Å². The van der Waals surface area contributed by atoms with Crippen molar-refractivity contribution in [2.45, 2.75) is 32.9 Å². The largest absolute Gasteiger partial charge is 0.493 e. The predicted molar refractivity (Wildman–Crippen MR) is 154 cm³/mol. The number of benzene rings is 1. The van der Waals surface area contributed by atoms with Gasteiger partial charge in [0.1, 0.15) is 23.6 Å². The van der Waals surface area contributed by atoms with Crippen molar-refractivity contribution in [2.24, 2.45) is 0 Å². The molecule has 4 heterocycles. The zero-order valence-electron chi connectivity index (χ0n) is 22.5. The second-order valence-electron chi connectivity index (χ2n) is 9.91. The Kier molecular flexibility index (Phi) is 7.72. The summed E-state index contributed by atoms with van der Waals surface area (Å²) in [5.41, 5.74) is 3.06. The van der Waals surface area contributed by atoms with Gasteiger partial charge in [-0.25, -0.2) is 4.79 Å². The summed E-state index contributed by atoms with van der Waals surface area (Å²) in [4.78, 5) is 29.4. The molecule has 0 aliphatic carbocycles. The molecule has 0 bridgehead atoms. The molecule has 13 heteroatoms. The van der Waals surface area contributed by atoms with E-state index >= 15 is 0 Å². The molecule has 3 N–H and O–H groups in total. The average molecular weight is 585 g/mol. The summed E-state index contributed by atoms with van der Waals surface area (Å²) in [5.74, 6) is 0.226. The first kappa shape index (κ1) is 27.5. The van der Waals surface area contributed by atoms with Crippen LogP contribution in [0.25, 0.3) is 21.5 Å². The zero-order chi connectivity index (χ0) is 28.4. The Bertz CT molecular complexity index is 1580. The molecule has 1 aromatic carbocycles. The fourth-order valence-corrected chi connectivity index (χ4v) is 5.52. The summed E-state index contributed by atoms with van der Waals surface area (Å²) in [7, 11) is 1.54. The summed E-state index contributed by atoms with van der Waals surface area (Å²) < 4.78 is 19.2. The maximum absolute atomic E-state index is 13.0. The Morgan fingerprint density at radius 3 is 2.88 bits per heavy atom. The lowest BCUT2D eigenvalue weighted by Gasteiger charge is -2.19. The second kappa shape index (κ2) is 11.2. The maximum atomic E-state index is 13.0. The van der Waals surface area contributed by atoms with Crippen molar-refractivity contribution in [3.05, 3.63) is 47.2 Å². The van der Waals surface area contributed by atoms with Crippen LogP contribution in [-0.2, 0) is 11.3 Å². The molecule has 0 radical (unpaired) electrons. The lowest BCUT2D eigenvalue weighted by molar-refractivity contribution is 0.0520. The minimum absolute atomic E-state index is 0.230. The van der Waals surface area contributed by atoms with Gasteiger partial charge in [-0.15, -0.1) is 0 Å². The summed E-state index contributed by atoms with van der Waals surface area (Å²) in [5, 5.41) is 14.8. The fourth-order valence-electron chi connectivity index (χ4n) is 4.26. The Morgan fingerprint density at radius 1 is 1.27 bits per heavy atom. The molecule has 5 rings (SSSR count). The minimum atomic E-state index is -0.572. The number of pyridine rings is 1. The van der Waals surface area contributed by atoms with Crippen molar-refractivity contribution in [3.63, 3.8) is 0 Å². The molecule has 2 amide bonds. The topological polar surface area (TPSA) is 129 Å². The summed E-state index contributed by atoms with van der Waals surface area (Å²) in [6.45, 7) is 6.96. The van der Waals surface area contributed by atoms with Gasteiger partial charge < -0.3 is 30.2 Å². The van der Waals surface area contributed by atoms with Crippen LogP contribution in [0.15, 0.2) is 36.5 Å². The van der Waals surface area contributed by atoms with E-state index in [1.807, 2.05) is 18.2 Å². The van der Waals surface area contributed by atoms with Crippen LogP contribution >= 0.6 is 22.9 Å². The molecular weight excluding hydrogens is 556 g/mol. The number of carbonyl (C=O) groups excluding carboxylic acids is 2. The van der Waals surface area contributed by atoms with E-state index in [1.165, 1.54) is 18.4 Å². The third kappa shape index (κ3) is 5.77.